The number of hydrogen-bond donors (Lipinski definition) is 1. The zero-order valence-electron chi connectivity index (χ0n) is 17.0. The minimum atomic E-state index is 0.0132. The van der Waals surface area contributed by atoms with Gasteiger partial charge in [0.15, 0.2) is 0 Å². The van der Waals surface area contributed by atoms with Crippen LogP contribution in [0, 0.1) is 0 Å². The molecule has 6 heteroatoms. The van der Waals surface area contributed by atoms with E-state index in [2.05, 4.69) is 44.4 Å². The molecule has 1 N–H and O–H groups in total. The van der Waals surface area contributed by atoms with Gasteiger partial charge in [0.25, 0.3) is 0 Å². The lowest BCUT2D eigenvalue weighted by Crippen LogP contribution is -2.48. The molecule has 3 aromatic rings. The molecular weight excluding hydrogens is 362 g/mol. The number of carbonyl (C=O) groups excluding carboxylic acids is 1. The summed E-state index contributed by atoms with van der Waals surface area (Å²) < 4.78 is 0. The third-order valence-corrected chi connectivity index (χ3v) is 5.30. The Kier molecular flexibility index (Phi) is 5.62. The monoisotopic (exact) mass is 389 g/mol. The smallest absolute Gasteiger partial charge is 0.238 e. The van der Waals surface area contributed by atoms with E-state index in [1.54, 1.807) is 0 Å². The summed E-state index contributed by atoms with van der Waals surface area (Å²) in [5.41, 5.74) is 2.94. The molecular formula is C23H27N5O. The van der Waals surface area contributed by atoms with Crippen LogP contribution in [0.2, 0.25) is 0 Å². The lowest BCUT2D eigenvalue weighted by Gasteiger charge is -2.35. The molecule has 1 aliphatic heterocycles. The zero-order valence-corrected chi connectivity index (χ0v) is 17.0. The Hall–Kier alpha value is -3.12. The number of para-hydroxylation sites is 2. The molecule has 1 fully saturated rings. The maximum atomic E-state index is 12.8. The highest BCUT2D eigenvalue weighted by Gasteiger charge is 2.19. The topological polar surface area (TPSA) is 51.7 Å². The Morgan fingerprint density at radius 1 is 1.00 bits per heavy atom. The molecule has 0 atom stereocenters. The van der Waals surface area contributed by atoms with E-state index in [0.29, 0.717) is 6.54 Å². The number of pyridine rings is 1. The number of carbonyl (C=O) groups is 1. The molecule has 0 radical (unpaired) electrons. The predicted octanol–water partition coefficient (Wildman–Crippen LogP) is 3.06. The maximum absolute atomic E-state index is 12.8. The molecule has 0 saturated carbocycles. The Bertz CT molecular complexity index is 981. The number of nitrogens with zero attached hydrogens (tertiary/aromatic N) is 4. The van der Waals surface area contributed by atoms with Crippen molar-refractivity contribution in [2.24, 2.45) is 0 Å². The van der Waals surface area contributed by atoms with E-state index in [0.717, 1.165) is 48.6 Å². The van der Waals surface area contributed by atoms with Gasteiger partial charge in [-0.1, -0.05) is 36.4 Å². The van der Waals surface area contributed by atoms with Crippen molar-refractivity contribution in [3.05, 3.63) is 60.7 Å². The van der Waals surface area contributed by atoms with Crippen LogP contribution in [-0.4, -0.2) is 62.6 Å². The summed E-state index contributed by atoms with van der Waals surface area (Å²) in [5, 5.41) is 4.07. The number of amides is 1. The van der Waals surface area contributed by atoms with Crippen molar-refractivity contribution in [3.8, 4) is 0 Å². The second-order valence-electron chi connectivity index (χ2n) is 7.59. The van der Waals surface area contributed by atoms with Crippen LogP contribution < -0.4 is 15.1 Å². The highest BCUT2D eigenvalue weighted by molar-refractivity contribution is 6.02. The van der Waals surface area contributed by atoms with Crippen LogP contribution >= 0.6 is 0 Å². The molecule has 6 nitrogen and oxygen atoms in total. The predicted molar refractivity (Wildman–Crippen MR) is 120 cm³/mol. The molecule has 1 aliphatic rings. The highest BCUT2D eigenvalue weighted by Crippen LogP contribution is 2.26. The van der Waals surface area contributed by atoms with Gasteiger partial charge in [-0.05, 0) is 18.2 Å². The lowest BCUT2D eigenvalue weighted by molar-refractivity contribution is -0.117. The van der Waals surface area contributed by atoms with E-state index in [1.165, 1.54) is 5.69 Å². The van der Waals surface area contributed by atoms with Crippen LogP contribution in [0.1, 0.15) is 0 Å². The fourth-order valence-corrected chi connectivity index (χ4v) is 3.69. The molecule has 1 aromatic heterocycles. The molecule has 0 aliphatic carbocycles. The Labute approximate surface area is 171 Å². The Morgan fingerprint density at radius 2 is 1.69 bits per heavy atom. The van der Waals surface area contributed by atoms with E-state index >= 15 is 0 Å². The number of aromatic nitrogens is 1. The number of piperazine rings is 1. The third-order valence-electron chi connectivity index (χ3n) is 5.30. The van der Waals surface area contributed by atoms with E-state index in [9.17, 15) is 4.79 Å². The molecule has 0 bridgehead atoms. The van der Waals surface area contributed by atoms with Gasteiger partial charge in [0, 0.05) is 57.4 Å². The van der Waals surface area contributed by atoms with Crippen molar-refractivity contribution in [1.29, 1.82) is 0 Å². The lowest BCUT2D eigenvalue weighted by atomic mass is 10.1. The highest BCUT2D eigenvalue weighted by atomic mass is 16.2. The van der Waals surface area contributed by atoms with Crippen LogP contribution in [0.3, 0.4) is 0 Å². The largest absolute Gasteiger partial charge is 0.369 e. The van der Waals surface area contributed by atoms with Crippen LogP contribution in [-0.2, 0) is 4.79 Å². The normalized spacial score (nSPS) is 14.8. The van der Waals surface area contributed by atoms with Crippen molar-refractivity contribution in [3.63, 3.8) is 0 Å². The van der Waals surface area contributed by atoms with E-state index in [1.807, 2.05) is 55.4 Å². The average molecular weight is 390 g/mol. The summed E-state index contributed by atoms with van der Waals surface area (Å²) in [4.78, 5) is 23.9. The standard InChI is InChI=1S/C23H27N5O/c1-26(2)22-16-21(19-10-6-7-11-20(19)24-22)25-23(29)17-27-12-14-28(15-13-27)18-8-4-3-5-9-18/h3-11,16H,12-15,17H2,1-2H3,(H,24,25,29). The summed E-state index contributed by atoms with van der Waals surface area (Å²) >= 11 is 0. The van der Waals surface area contributed by atoms with E-state index in [4.69, 9.17) is 0 Å². The molecule has 2 heterocycles. The SMILES string of the molecule is CN(C)c1cc(NC(=O)CN2CCN(c3ccccc3)CC2)c2ccccc2n1. The van der Waals surface area contributed by atoms with Crippen molar-refractivity contribution in [2.75, 3.05) is 61.9 Å². The van der Waals surface area contributed by atoms with Crippen LogP contribution in [0.4, 0.5) is 17.2 Å². The third kappa shape index (κ3) is 4.49. The average Bonchev–Trinajstić information content (AvgIpc) is 2.74. The number of rotatable bonds is 5. The Balaban J connectivity index is 1.40. The second kappa shape index (κ2) is 8.49. The molecule has 2 aromatic carbocycles. The summed E-state index contributed by atoms with van der Waals surface area (Å²) in [6.45, 7) is 4.02. The number of nitrogens with one attached hydrogen (secondary N) is 1. The van der Waals surface area contributed by atoms with Gasteiger partial charge in [0.2, 0.25) is 5.91 Å². The van der Waals surface area contributed by atoms with Gasteiger partial charge in [-0.15, -0.1) is 0 Å². The summed E-state index contributed by atoms with van der Waals surface area (Å²) in [7, 11) is 3.91. The van der Waals surface area contributed by atoms with Crippen molar-refractivity contribution >= 4 is 34.0 Å². The fourth-order valence-electron chi connectivity index (χ4n) is 3.69. The van der Waals surface area contributed by atoms with Crippen molar-refractivity contribution < 1.29 is 4.79 Å². The molecule has 4 rings (SSSR count). The van der Waals surface area contributed by atoms with Gasteiger partial charge >= 0.3 is 0 Å². The van der Waals surface area contributed by atoms with Gasteiger partial charge in [0.1, 0.15) is 5.82 Å². The second-order valence-corrected chi connectivity index (χ2v) is 7.59. The number of anilines is 3. The molecule has 1 amide bonds. The first-order valence-electron chi connectivity index (χ1n) is 9.99. The van der Waals surface area contributed by atoms with Crippen LogP contribution in [0.15, 0.2) is 60.7 Å². The van der Waals surface area contributed by atoms with E-state index < -0.39 is 0 Å². The number of benzene rings is 2. The number of fused-ring (bicyclic) bond motifs is 1. The first kappa shape index (κ1) is 19.2. The van der Waals surface area contributed by atoms with Gasteiger partial charge in [-0.25, -0.2) is 4.98 Å². The molecule has 150 valence electrons. The maximum Gasteiger partial charge on any atom is 0.238 e. The minimum absolute atomic E-state index is 0.0132. The minimum Gasteiger partial charge on any atom is -0.369 e. The summed E-state index contributed by atoms with van der Waals surface area (Å²) in [6, 6.07) is 20.3. The van der Waals surface area contributed by atoms with Gasteiger partial charge < -0.3 is 15.1 Å². The molecule has 0 unspecified atom stereocenters. The van der Waals surface area contributed by atoms with Gasteiger partial charge in [-0.3, -0.25) is 9.69 Å². The van der Waals surface area contributed by atoms with E-state index in [-0.39, 0.29) is 5.91 Å². The molecule has 29 heavy (non-hydrogen) atoms. The summed E-state index contributed by atoms with van der Waals surface area (Å²) in [6.07, 6.45) is 0. The zero-order chi connectivity index (χ0) is 20.2. The summed E-state index contributed by atoms with van der Waals surface area (Å²) in [5.74, 6) is 0.842. The fraction of sp³-hybridized carbons (Fsp3) is 0.304. The van der Waals surface area contributed by atoms with Gasteiger partial charge in [0.05, 0.1) is 17.7 Å². The quantitative estimate of drug-likeness (QED) is 0.727. The van der Waals surface area contributed by atoms with Crippen LogP contribution in [0.5, 0.6) is 0 Å². The molecule has 1 saturated heterocycles. The van der Waals surface area contributed by atoms with Crippen molar-refractivity contribution in [2.45, 2.75) is 0 Å². The Morgan fingerprint density at radius 3 is 2.41 bits per heavy atom. The molecule has 0 spiro atoms. The first-order chi connectivity index (χ1) is 14.1. The van der Waals surface area contributed by atoms with Gasteiger partial charge in [-0.2, -0.15) is 0 Å². The van der Waals surface area contributed by atoms with Crippen molar-refractivity contribution in [1.82, 2.24) is 9.88 Å². The number of hydrogen-bond acceptors (Lipinski definition) is 5. The first-order valence-corrected chi connectivity index (χ1v) is 9.99. The van der Waals surface area contributed by atoms with Crippen LogP contribution in [0.25, 0.3) is 10.9 Å².